The second-order valence-corrected chi connectivity index (χ2v) is 3.17. The highest BCUT2D eigenvalue weighted by atomic mass is 19.4. The minimum Gasteiger partial charge on any atom is -0.362 e. The van der Waals surface area contributed by atoms with Crippen LogP contribution in [-0.2, 0) is 9.53 Å². The highest BCUT2D eigenvalue weighted by Gasteiger charge is 2.27. The molecule has 1 aromatic carbocycles. The fourth-order valence-corrected chi connectivity index (χ4v) is 1.02. The number of alkyl halides is 3. The Hall–Kier alpha value is -1.63. The molecule has 1 amide bonds. The summed E-state index contributed by atoms with van der Waals surface area (Å²) >= 11 is 0. The maximum atomic E-state index is 12.7. The van der Waals surface area contributed by atoms with Crippen LogP contribution in [-0.4, -0.2) is 25.3 Å². The minimum absolute atomic E-state index is 0.158. The van der Waals surface area contributed by atoms with E-state index in [-0.39, 0.29) is 5.69 Å². The van der Waals surface area contributed by atoms with Crippen LogP contribution in [0.3, 0.4) is 0 Å². The number of carbonyl (C=O) groups excluding carboxylic acids is 1. The molecule has 0 saturated carbocycles. The van der Waals surface area contributed by atoms with Crippen LogP contribution in [0.25, 0.3) is 0 Å². The Morgan fingerprint density at radius 1 is 1.35 bits per heavy atom. The van der Waals surface area contributed by atoms with Gasteiger partial charge in [0.05, 0.1) is 0 Å². The summed E-state index contributed by atoms with van der Waals surface area (Å²) in [6.45, 7) is -2.24. The molecule has 0 fully saturated rings. The first-order valence-electron chi connectivity index (χ1n) is 4.57. The summed E-state index contributed by atoms with van der Waals surface area (Å²) < 4.78 is 51.9. The van der Waals surface area contributed by atoms with Gasteiger partial charge in [-0.05, 0) is 18.2 Å². The molecule has 7 heteroatoms. The molecule has 1 aromatic rings. The quantitative estimate of drug-likeness (QED) is 0.834. The van der Waals surface area contributed by atoms with Gasteiger partial charge >= 0.3 is 6.18 Å². The van der Waals surface area contributed by atoms with Gasteiger partial charge in [-0.2, -0.15) is 13.2 Å². The molecule has 0 heterocycles. The number of benzene rings is 1. The molecule has 0 atom stereocenters. The molecule has 0 saturated heterocycles. The number of nitrogens with one attached hydrogen (secondary N) is 1. The highest BCUT2D eigenvalue weighted by Crippen LogP contribution is 2.14. The maximum Gasteiger partial charge on any atom is 0.411 e. The molecule has 0 radical (unpaired) electrons. The van der Waals surface area contributed by atoms with E-state index in [1.54, 1.807) is 0 Å². The van der Waals surface area contributed by atoms with Gasteiger partial charge in [-0.1, -0.05) is 6.07 Å². The van der Waals surface area contributed by atoms with Gasteiger partial charge in [0, 0.05) is 5.69 Å². The zero-order valence-corrected chi connectivity index (χ0v) is 8.55. The normalized spacial score (nSPS) is 11.3. The van der Waals surface area contributed by atoms with Gasteiger partial charge in [0.25, 0.3) is 0 Å². The molecule has 17 heavy (non-hydrogen) atoms. The molecule has 0 aliphatic rings. The van der Waals surface area contributed by atoms with Crippen LogP contribution in [0.15, 0.2) is 24.3 Å². The van der Waals surface area contributed by atoms with E-state index in [0.717, 1.165) is 6.07 Å². The summed E-state index contributed by atoms with van der Waals surface area (Å²) in [5.41, 5.74) is 0.158. The molecule has 1 rings (SSSR count). The molecule has 0 bridgehead atoms. The highest BCUT2D eigenvalue weighted by molar-refractivity contribution is 5.91. The van der Waals surface area contributed by atoms with Gasteiger partial charge in [0.15, 0.2) is 0 Å². The van der Waals surface area contributed by atoms with Crippen molar-refractivity contribution in [3.63, 3.8) is 0 Å². The molecule has 3 nitrogen and oxygen atoms in total. The molecular weight excluding hydrogens is 242 g/mol. The summed E-state index contributed by atoms with van der Waals surface area (Å²) in [7, 11) is 0. The van der Waals surface area contributed by atoms with E-state index < -0.39 is 31.1 Å². The van der Waals surface area contributed by atoms with Crippen molar-refractivity contribution in [3.05, 3.63) is 30.1 Å². The van der Waals surface area contributed by atoms with Crippen LogP contribution in [0.4, 0.5) is 23.2 Å². The molecule has 0 aromatic heterocycles. The van der Waals surface area contributed by atoms with E-state index in [1.807, 2.05) is 0 Å². The first kappa shape index (κ1) is 13.4. The Balaban J connectivity index is 2.35. The van der Waals surface area contributed by atoms with Gasteiger partial charge in [-0.15, -0.1) is 0 Å². The fraction of sp³-hybridized carbons (Fsp3) is 0.300. The second kappa shape index (κ2) is 5.62. The molecule has 0 aliphatic heterocycles. The van der Waals surface area contributed by atoms with E-state index in [4.69, 9.17) is 0 Å². The van der Waals surface area contributed by atoms with Crippen molar-refractivity contribution in [3.8, 4) is 0 Å². The molecule has 0 aliphatic carbocycles. The lowest BCUT2D eigenvalue weighted by Crippen LogP contribution is -2.23. The summed E-state index contributed by atoms with van der Waals surface area (Å²) in [5, 5.41) is 2.20. The van der Waals surface area contributed by atoms with Gasteiger partial charge in [-0.3, -0.25) is 4.79 Å². The number of rotatable bonds is 4. The van der Waals surface area contributed by atoms with Gasteiger partial charge in [0.1, 0.15) is 19.0 Å². The predicted molar refractivity (Wildman–Crippen MR) is 51.9 cm³/mol. The zero-order chi connectivity index (χ0) is 12.9. The average molecular weight is 251 g/mol. The van der Waals surface area contributed by atoms with Gasteiger partial charge in [0.2, 0.25) is 5.91 Å². The van der Waals surface area contributed by atoms with Crippen LogP contribution in [0.2, 0.25) is 0 Å². The van der Waals surface area contributed by atoms with Crippen LogP contribution < -0.4 is 5.32 Å². The zero-order valence-electron chi connectivity index (χ0n) is 8.55. The van der Waals surface area contributed by atoms with E-state index >= 15 is 0 Å². The van der Waals surface area contributed by atoms with Crippen molar-refractivity contribution in [1.82, 2.24) is 0 Å². The van der Waals surface area contributed by atoms with E-state index in [9.17, 15) is 22.4 Å². The van der Waals surface area contributed by atoms with Gasteiger partial charge < -0.3 is 10.1 Å². The van der Waals surface area contributed by atoms with Crippen LogP contribution >= 0.6 is 0 Å². The number of hydrogen-bond donors (Lipinski definition) is 1. The monoisotopic (exact) mass is 251 g/mol. The van der Waals surface area contributed by atoms with Crippen molar-refractivity contribution < 1.29 is 27.1 Å². The largest absolute Gasteiger partial charge is 0.411 e. The summed E-state index contributed by atoms with van der Waals surface area (Å²) in [6.07, 6.45) is -4.47. The predicted octanol–water partition coefficient (Wildman–Crippen LogP) is 2.34. The third-order valence-corrected chi connectivity index (χ3v) is 1.61. The van der Waals surface area contributed by atoms with Crippen molar-refractivity contribution in [1.29, 1.82) is 0 Å². The molecule has 0 spiro atoms. The first-order chi connectivity index (χ1) is 7.87. The Morgan fingerprint density at radius 3 is 2.65 bits per heavy atom. The lowest BCUT2D eigenvalue weighted by atomic mass is 10.3. The number of ether oxygens (including phenoxy) is 1. The van der Waals surface area contributed by atoms with Gasteiger partial charge in [-0.25, -0.2) is 4.39 Å². The van der Waals surface area contributed by atoms with Crippen LogP contribution in [0.1, 0.15) is 0 Å². The van der Waals surface area contributed by atoms with E-state index in [0.29, 0.717) is 0 Å². The lowest BCUT2D eigenvalue weighted by Gasteiger charge is -2.08. The number of halogens is 4. The third kappa shape index (κ3) is 5.86. The molecular formula is C10H9F4NO2. The smallest absolute Gasteiger partial charge is 0.362 e. The van der Waals surface area contributed by atoms with Crippen molar-refractivity contribution in [2.45, 2.75) is 6.18 Å². The third-order valence-electron chi connectivity index (χ3n) is 1.61. The van der Waals surface area contributed by atoms with Crippen LogP contribution in [0.5, 0.6) is 0 Å². The Kier molecular flexibility index (Phi) is 4.45. The first-order valence-corrected chi connectivity index (χ1v) is 4.57. The summed E-state index contributed by atoms with van der Waals surface area (Å²) in [5.74, 6) is -1.33. The Labute approximate surface area is 94.4 Å². The van der Waals surface area contributed by atoms with E-state index in [2.05, 4.69) is 10.1 Å². The molecule has 0 unspecified atom stereocenters. The minimum atomic E-state index is -4.47. The molecule has 1 N–H and O–H groups in total. The second-order valence-electron chi connectivity index (χ2n) is 3.17. The standard InChI is InChI=1S/C10H9F4NO2/c11-7-2-1-3-8(4-7)15-9(16)5-17-6-10(12,13)14/h1-4H,5-6H2,(H,15,16). The Morgan fingerprint density at radius 2 is 2.06 bits per heavy atom. The van der Waals surface area contributed by atoms with E-state index in [1.165, 1.54) is 18.2 Å². The number of hydrogen-bond acceptors (Lipinski definition) is 2. The maximum absolute atomic E-state index is 12.7. The number of carbonyl (C=O) groups is 1. The van der Waals surface area contributed by atoms with Crippen molar-refractivity contribution in [2.75, 3.05) is 18.5 Å². The average Bonchev–Trinajstić information content (AvgIpc) is 2.15. The van der Waals surface area contributed by atoms with Crippen LogP contribution in [0, 0.1) is 5.82 Å². The summed E-state index contributed by atoms with van der Waals surface area (Å²) in [4.78, 5) is 11.1. The lowest BCUT2D eigenvalue weighted by molar-refractivity contribution is -0.174. The SMILES string of the molecule is O=C(COCC(F)(F)F)Nc1cccc(F)c1. The molecule has 94 valence electrons. The Bertz CT molecular complexity index is 392. The fourth-order valence-electron chi connectivity index (χ4n) is 1.02. The number of anilines is 1. The topological polar surface area (TPSA) is 38.3 Å². The number of amides is 1. The summed E-state index contributed by atoms with van der Waals surface area (Å²) in [6, 6.07) is 4.99. The van der Waals surface area contributed by atoms with Crippen molar-refractivity contribution >= 4 is 11.6 Å². The van der Waals surface area contributed by atoms with Crippen molar-refractivity contribution in [2.24, 2.45) is 0 Å².